The van der Waals surface area contributed by atoms with E-state index >= 15 is 0 Å². The molecule has 0 aromatic rings. The molecule has 0 radical (unpaired) electrons. The van der Waals surface area contributed by atoms with Gasteiger partial charge in [-0.05, 0) is 13.0 Å². The van der Waals surface area contributed by atoms with Crippen LogP contribution >= 0.6 is 24.8 Å². The molecule has 0 aromatic heterocycles. The monoisotopic (exact) mass is 287 g/mol. The van der Waals surface area contributed by atoms with Crippen LogP contribution in [0.15, 0.2) is 0 Å². The summed E-state index contributed by atoms with van der Waals surface area (Å²) in [4.78, 5) is 13.5. The average molecular weight is 288 g/mol. The van der Waals surface area contributed by atoms with Gasteiger partial charge in [0.1, 0.15) is 0 Å². The van der Waals surface area contributed by atoms with Crippen molar-refractivity contribution < 1.29 is 9.53 Å². The average Bonchev–Trinajstić information content (AvgIpc) is 2.28. The van der Waals surface area contributed by atoms with E-state index in [1.54, 1.807) is 0 Å². The number of hydrogen-bond acceptors (Lipinski definition) is 4. The summed E-state index contributed by atoms with van der Waals surface area (Å²) in [5, 5.41) is 2.89. The number of halogens is 2. The summed E-state index contributed by atoms with van der Waals surface area (Å²) in [6.45, 7) is 5.78. The fourth-order valence-electron chi connectivity index (χ4n) is 1.53. The number of nitrogens with two attached hydrogens (primary N) is 1. The molecule has 1 aliphatic rings. The van der Waals surface area contributed by atoms with E-state index in [2.05, 4.69) is 10.2 Å². The third-order valence-corrected chi connectivity index (χ3v) is 2.46. The predicted octanol–water partition coefficient (Wildman–Crippen LogP) is 0.0173. The van der Waals surface area contributed by atoms with E-state index in [4.69, 9.17) is 10.5 Å². The van der Waals surface area contributed by atoms with Gasteiger partial charge in [-0.15, -0.1) is 24.8 Å². The normalized spacial score (nSPS) is 15.6. The van der Waals surface area contributed by atoms with Crippen LogP contribution in [-0.2, 0) is 9.53 Å². The fraction of sp³-hybridized carbons (Fsp3) is 0.900. The van der Waals surface area contributed by atoms with Crippen molar-refractivity contribution in [2.45, 2.75) is 12.8 Å². The van der Waals surface area contributed by atoms with Crippen molar-refractivity contribution in [3.05, 3.63) is 0 Å². The van der Waals surface area contributed by atoms with Crippen LogP contribution in [-0.4, -0.2) is 56.7 Å². The first-order chi connectivity index (χ1) is 7.33. The Bertz CT molecular complexity index is 190. The summed E-state index contributed by atoms with van der Waals surface area (Å²) in [7, 11) is 0. The molecule has 0 atom stereocenters. The summed E-state index contributed by atoms with van der Waals surface area (Å²) in [5.41, 5.74) is 5.32. The summed E-state index contributed by atoms with van der Waals surface area (Å²) >= 11 is 0. The molecule has 1 aliphatic heterocycles. The molecule has 1 rings (SSSR count). The van der Waals surface area contributed by atoms with Gasteiger partial charge in [0.15, 0.2) is 0 Å². The molecule has 0 aliphatic carbocycles. The Kier molecular flexibility index (Phi) is 14.0. The Morgan fingerprint density at radius 1 is 1.29 bits per heavy atom. The quantitative estimate of drug-likeness (QED) is 0.723. The lowest BCUT2D eigenvalue weighted by Gasteiger charge is -2.26. The Labute approximate surface area is 115 Å². The highest BCUT2D eigenvalue weighted by Crippen LogP contribution is 1.94. The second-order valence-electron chi connectivity index (χ2n) is 3.70. The molecule has 0 bridgehead atoms. The van der Waals surface area contributed by atoms with Crippen molar-refractivity contribution in [2.24, 2.45) is 5.73 Å². The highest BCUT2D eigenvalue weighted by Gasteiger charge is 2.09. The molecule has 104 valence electrons. The lowest BCUT2D eigenvalue weighted by Crippen LogP contribution is -2.41. The number of nitrogens with one attached hydrogen (secondary N) is 1. The maximum atomic E-state index is 11.2. The van der Waals surface area contributed by atoms with Crippen LogP contribution in [0.25, 0.3) is 0 Å². The standard InChI is InChI=1S/C10H21N3O2.2ClH/c11-3-1-2-10(14)12-4-5-13-6-8-15-9-7-13;;/h1-9,11H2,(H,12,14);2*1H. The van der Waals surface area contributed by atoms with Crippen molar-refractivity contribution in [2.75, 3.05) is 45.9 Å². The second kappa shape index (κ2) is 12.4. The van der Waals surface area contributed by atoms with Crippen molar-refractivity contribution >= 4 is 30.7 Å². The van der Waals surface area contributed by atoms with Crippen molar-refractivity contribution in [3.63, 3.8) is 0 Å². The van der Waals surface area contributed by atoms with Gasteiger partial charge in [-0.1, -0.05) is 0 Å². The zero-order valence-corrected chi connectivity index (χ0v) is 11.7. The fourth-order valence-corrected chi connectivity index (χ4v) is 1.53. The van der Waals surface area contributed by atoms with Crippen LogP contribution in [0.4, 0.5) is 0 Å². The minimum absolute atomic E-state index is 0. The zero-order valence-electron chi connectivity index (χ0n) is 10.0. The molecule has 1 amide bonds. The summed E-state index contributed by atoms with van der Waals surface area (Å²) in [6, 6.07) is 0. The van der Waals surface area contributed by atoms with Gasteiger partial charge in [0.05, 0.1) is 13.2 Å². The topological polar surface area (TPSA) is 67.6 Å². The van der Waals surface area contributed by atoms with Gasteiger partial charge in [-0.2, -0.15) is 0 Å². The molecule has 3 N–H and O–H groups in total. The van der Waals surface area contributed by atoms with Crippen LogP contribution in [0.2, 0.25) is 0 Å². The SMILES string of the molecule is Cl.Cl.NCCCC(=O)NCCN1CCOCC1. The number of amides is 1. The van der Waals surface area contributed by atoms with Crippen molar-refractivity contribution in [3.8, 4) is 0 Å². The third-order valence-electron chi connectivity index (χ3n) is 2.46. The van der Waals surface area contributed by atoms with Crippen LogP contribution in [0.3, 0.4) is 0 Å². The van der Waals surface area contributed by atoms with Gasteiger partial charge in [-0.3, -0.25) is 9.69 Å². The number of carbonyl (C=O) groups is 1. The van der Waals surface area contributed by atoms with Crippen LogP contribution in [0, 0.1) is 0 Å². The number of hydrogen-bond donors (Lipinski definition) is 2. The van der Waals surface area contributed by atoms with Crippen LogP contribution < -0.4 is 11.1 Å². The molecule has 17 heavy (non-hydrogen) atoms. The molecule has 0 unspecified atom stereocenters. The number of ether oxygens (including phenoxy) is 1. The first-order valence-electron chi connectivity index (χ1n) is 5.60. The van der Waals surface area contributed by atoms with E-state index in [9.17, 15) is 4.79 Å². The van der Waals surface area contributed by atoms with Gasteiger partial charge >= 0.3 is 0 Å². The molecule has 5 nitrogen and oxygen atoms in total. The van der Waals surface area contributed by atoms with Crippen molar-refractivity contribution in [1.29, 1.82) is 0 Å². The van der Waals surface area contributed by atoms with E-state index in [0.717, 1.165) is 45.8 Å². The molecule has 0 aromatic carbocycles. The molecule has 0 saturated carbocycles. The molecular weight excluding hydrogens is 265 g/mol. The van der Waals surface area contributed by atoms with E-state index in [1.165, 1.54) is 0 Å². The van der Waals surface area contributed by atoms with Gasteiger partial charge in [-0.25, -0.2) is 0 Å². The number of nitrogens with zero attached hydrogens (tertiary/aromatic N) is 1. The Hall–Kier alpha value is -0.0700. The zero-order chi connectivity index (χ0) is 10.9. The first-order valence-corrected chi connectivity index (χ1v) is 5.60. The van der Waals surface area contributed by atoms with E-state index < -0.39 is 0 Å². The minimum Gasteiger partial charge on any atom is -0.379 e. The largest absolute Gasteiger partial charge is 0.379 e. The minimum atomic E-state index is 0. The van der Waals surface area contributed by atoms with E-state index in [1.807, 2.05) is 0 Å². The number of morpholine rings is 1. The highest BCUT2D eigenvalue weighted by molar-refractivity contribution is 5.85. The predicted molar refractivity (Wildman–Crippen MR) is 73.1 cm³/mol. The van der Waals surface area contributed by atoms with E-state index in [0.29, 0.717) is 13.0 Å². The Balaban J connectivity index is 0. The Morgan fingerprint density at radius 2 is 1.94 bits per heavy atom. The third kappa shape index (κ3) is 9.62. The molecule has 0 spiro atoms. The summed E-state index contributed by atoms with van der Waals surface area (Å²) in [5.74, 6) is 0.105. The summed E-state index contributed by atoms with van der Waals surface area (Å²) in [6.07, 6.45) is 1.31. The van der Waals surface area contributed by atoms with E-state index in [-0.39, 0.29) is 30.7 Å². The lowest BCUT2D eigenvalue weighted by atomic mass is 10.3. The van der Waals surface area contributed by atoms with Gasteiger partial charge in [0.25, 0.3) is 0 Å². The lowest BCUT2D eigenvalue weighted by molar-refractivity contribution is -0.121. The first kappa shape index (κ1) is 19.3. The number of carbonyl (C=O) groups excluding carboxylic acids is 1. The molecule has 7 heteroatoms. The molecular formula is C10H23Cl2N3O2. The van der Waals surface area contributed by atoms with Crippen molar-refractivity contribution in [1.82, 2.24) is 10.2 Å². The molecule has 1 heterocycles. The second-order valence-corrected chi connectivity index (χ2v) is 3.70. The van der Waals surface area contributed by atoms with Gasteiger partial charge < -0.3 is 15.8 Å². The summed E-state index contributed by atoms with van der Waals surface area (Å²) < 4.78 is 5.24. The molecule has 1 saturated heterocycles. The molecule has 1 fully saturated rings. The maximum Gasteiger partial charge on any atom is 0.220 e. The Morgan fingerprint density at radius 3 is 2.53 bits per heavy atom. The van der Waals surface area contributed by atoms with Gasteiger partial charge in [0.2, 0.25) is 5.91 Å². The smallest absolute Gasteiger partial charge is 0.220 e. The van der Waals surface area contributed by atoms with Crippen LogP contribution in [0.1, 0.15) is 12.8 Å². The number of rotatable bonds is 6. The highest BCUT2D eigenvalue weighted by atomic mass is 35.5. The van der Waals surface area contributed by atoms with Gasteiger partial charge in [0, 0.05) is 32.6 Å². The van der Waals surface area contributed by atoms with Crippen LogP contribution in [0.5, 0.6) is 0 Å². The maximum absolute atomic E-state index is 11.2.